The smallest absolute Gasteiger partial charge is 0.123 e. The SMILES string of the molecule is COc1ccc(Cl)cc1CNO. The van der Waals surface area contributed by atoms with Gasteiger partial charge in [-0.2, -0.15) is 0 Å². The average molecular weight is 188 g/mol. The Bertz CT molecular complexity index is 265. The van der Waals surface area contributed by atoms with Crippen molar-refractivity contribution in [2.24, 2.45) is 0 Å². The molecule has 0 aliphatic carbocycles. The summed E-state index contributed by atoms with van der Waals surface area (Å²) in [5.74, 6) is 0.709. The van der Waals surface area contributed by atoms with Gasteiger partial charge in [0.25, 0.3) is 0 Å². The van der Waals surface area contributed by atoms with Gasteiger partial charge in [0.05, 0.1) is 7.11 Å². The number of hydrogen-bond acceptors (Lipinski definition) is 3. The first-order chi connectivity index (χ1) is 5.77. The third-order valence-electron chi connectivity index (χ3n) is 1.51. The summed E-state index contributed by atoms with van der Waals surface area (Å²) in [6.07, 6.45) is 0. The predicted molar refractivity (Wildman–Crippen MR) is 46.6 cm³/mol. The summed E-state index contributed by atoms with van der Waals surface area (Å²) in [5.41, 5.74) is 2.87. The minimum absolute atomic E-state index is 0.323. The molecule has 0 bridgehead atoms. The van der Waals surface area contributed by atoms with Crippen molar-refractivity contribution >= 4 is 11.6 Å². The van der Waals surface area contributed by atoms with Crippen molar-refractivity contribution in [2.45, 2.75) is 6.54 Å². The molecule has 0 saturated carbocycles. The van der Waals surface area contributed by atoms with Gasteiger partial charge < -0.3 is 9.94 Å². The van der Waals surface area contributed by atoms with Crippen LogP contribution >= 0.6 is 11.6 Å². The zero-order valence-electron chi connectivity index (χ0n) is 6.67. The molecule has 0 amide bonds. The number of ether oxygens (including phenoxy) is 1. The van der Waals surface area contributed by atoms with Crippen molar-refractivity contribution in [3.63, 3.8) is 0 Å². The van der Waals surface area contributed by atoms with E-state index < -0.39 is 0 Å². The molecule has 0 atom stereocenters. The molecule has 1 rings (SSSR count). The van der Waals surface area contributed by atoms with E-state index in [0.29, 0.717) is 17.3 Å². The molecule has 2 N–H and O–H groups in total. The van der Waals surface area contributed by atoms with Gasteiger partial charge in [-0.25, -0.2) is 5.48 Å². The van der Waals surface area contributed by atoms with E-state index in [0.717, 1.165) is 5.56 Å². The van der Waals surface area contributed by atoms with Gasteiger partial charge in [0, 0.05) is 17.1 Å². The Hall–Kier alpha value is -0.770. The topological polar surface area (TPSA) is 41.5 Å². The Morgan fingerprint density at radius 2 is 2.33 bits per heavy atom. The molecule has 4 heteroatoms. The number of halogens is 1. The van der Waals surface area contributed by atoms with Crippen molar-refractivity contribution in [1.29, 1.82) is 0 Å². The van der Waals surface area contributed by atoms with Crippen LogP contribution < -0.4 is 10.2 Å². The van der Waals surface area contributed by atoms with Gasteiger partial charge in [0.15, 0.2) is 0 Å². The van der Waals surface area contributed by atoms with Crippen molar-refractivity contribution in [3.8, 4) is 5.75 Å². The van der Waals surface area contributed by atoms with Crippen molar-refractivity contribution in [1.82, 2.24) is 5.48 Å². The minimum Gasteiger partial charge on any atom is -0.496 e. The van der Waals surface area contributed by atoms with Gasteiger partial charge >= 0.3 is 0 Å². The second-order valence-corrected chi connectivity index (χ2v) is 2.73. The largest absolute Gasteiger partial charge is 0.496 e. The Kier molecular flexibility index (Phi) is 3.34. The zero-order chi connectivity index (χ0) is 8.97. The molecule has 12 heavy (non-hydrogen) atoms. The van der Waals surface area contributed by atoms with E-state index in [-0.39, 0.29) is 0 Å². The van der Waals surface area contributed by atoms with E-state index in [9.17, 15) is 0 Å². The van der Waals surface area contributed by atoms with Crippen molar-refractivity contribution in [2.75, 3.05) is 7.11 Å². The summed E-state index contributed by atoms with van der Waals surface area (Å²) in [4.78, 5) is 0. The molecule has 3 nitrogen and oxygen atoms in total. The van der Waals surface area contributed by atoms with Crippen molar-refractivity contribution < 1.29 is 9.94 Å². The van der Waals surface area contributed by atoms with Crippen LogP contribution in [0.4, 0.5) is 0 Å². The first-order valence-corrected chi connectivity index (χ1v) is 3.85. The van der Waals surface area contributed by atoms with Crippen LogP contribution in [-0.2, 0) is 6.54 Å². The molecule has 0 radical (unpaired) electrons. The molecule has 66 valence electrons. The summed E-state index contributed by atoms with van der Waals surface area (Å²) >= 11 is 5.74. The van der Waals surface area contributed by atoms with Crippen LogP contribution in [0.25, 0.3) is 0 Å². The molecule has 0 aliphatic rings. The van der Waals surface area contributed by atoms with E-state index in [1.165, 1.54) is 0 Å². The van der Waals surface area contributed by atoms with E-state index in [1.54, 1.807) is 25.3 Å². The van der Waals surface area contributed by atoms with Gasteiger partial charge in [-0.15, -0.1) is 0 Å². The van der Waals surface area contributed by atoms with Gasteiger partial charge in [0.2, 0.25) is 0 Å². The lowest BCUT2D eigenvalue weighted by atomic mass is 10.2. The Morgan fingerprint density at radius 3 is 2.92 bits per heavy atom. The van der Waals surface area contributed by atoms with E-state index in [4.69, 9.17) is 21.5 Å². The van der Waals surface area contributed by atoms with Gasteiger partial charge in [-0.05, 0) is 18.2 Å². The molecule has 1 aromatic rings. The fourth-order valence-electron chi connectivity index (χ4n) is 0.970. The monoisotopic (exact) mass is 187 g/mol. The molecule has 0 aliphatic heterocycles. The summed E-state index contributed by atoms with van der Waals surface area (Å²) in [7, 11) is 1.57. The number of rotatable bonds is 3. The lowest BCUT2D eigenvalue weighted by Gasteiger charge is -2.06. The van der Waals surface area contributed by atoms with Crippen LogP contribution in [0.2, 0.25) is 5.02 Å². The summed E-state index contributed by atoms with van der Waals surface area (Å²) in [6, 6.07) is 5.24. The van der Waals surface area contributed by atoms with Gasteiger partial charge in [0.1, 0.15) is 5.75 Å². The van der Waals surface area contributed by atoms with Crippen LogP contribution in [0.3, 0.4) is 0 Å². The summed E-state index contributed by atoms with van der Waals surface area (Å²) in [6.45, 7) is 0.323. The van der Waals surface area contributed by atoms with Crippen molar-refractivity contribution in [3.05, 3.63) is 28.8 Å². The normalized spacial score (nSPS) is 9.92. The Morgan fingerprint density at radius 1 is 1.58 bits per heavy atom. The van der Waals surface area contributed by atoms with E-state index in [1.807, 2.05) is 5.48 Å². The fourth-order valence-corrected chi connectivity index (χ4v) is 1.17. The highest BCUT2D eigenvalue weighted by molar-refractivity contribution is 6.30. The summed E-state index contributed by atoms with van der Waals surface area (Å²) in [5, 5.41) is 9.11. The van der Waals surface area contributed by atoms with Gasteiger partial charge in [-0.1, -0.05) is 11.6 Å². The van der Waals surface area contributed by atoms with Crippen LogP contribution in [-0.4, -0.2) is 12.3 Å². The molecule has 0 aromatic heterocycles. The number of hydroxylamine groups is 1. The lowest BCUT2D eigenvalue weighted by molar-refractivity contribution is 0.160. The third-order valence-corrected chi connectivity index (χ3v) is 1.75. The third kappa shape index (κ3) is 2.11. The fraction of sp³-hybridized carbons (Fsp3) is 0.250. The maximum Gasteiger partial charge on any atom is 0.123 e. The number of hydrogen-bond donors (Lipinski definition) is 2. The molecule has 0 unspecified atom stereocenters. The summed E-state index contributed by atoms with van der Waals surface area (Å²) < 4.78 is 5.04. The molecule has 1 aromatic carbocycles. The predicted octanol–water partition coefficient (Wildman–Crippen LogP) is 1.83. The molecular weight excluding hydrogens is 178 g/mol. The molecule has 0 spiro atoms. The van der Waals surface area contributed by atoms with Crippen LogP contribution in [0, 0.1) is 0 Å². The molecule has 0 saturated heterocycles. The quantitative estimate of drug-likeness (QED) is 0.710. The second kappa shape index (κ2) is 4.30. The van der Waals surface area contributed by atoms with E-state index in [2.05, 4.69) is 0 Å². The first kappa shape index (κ1) is 9.32. The maximum atomic E-state index is 8.48. The zero-order valence-corrected chi connectivity index (χ0v) is 7.43. The van der Waals surface area contributed by atoms with Crippen LogP contribution in [0.1, 0.15) is 5.56 Å². The first-order valence-electron chi connectivity index (χ1n) is 3.47. The number of methoxy groups -OCH3 is 1. The van der Waals surface area contributed by atoms with Crippen LogP contribution in [0.5, 0.6) is 5.75 Å². The number of benzene rings is 1. The maximum absolute atomic E-state index is 8.48. The molecule has 0 fully saturated rings. The molecular formula is C8H10ClNO2. The number of nitrogens with one attached hydrogen (secondary N) is 1. The van der Waals surface area contributed by atoms with E-state index >= 15 is 0 Å². The second-order valence-electron chi connectivity index (χ2n) is 2.29. The minimum atomic E-state index is 0.323. The van der Waals surface area contributed by atoms with Gasteiger partial charge in [-0.3, -0.25) is 0 Å². The molecule has 0 heterocycles. The average Bonchev–Trinajstić information content (AvgIpc) is 2.05. The highest BCUT2D eigenvalue weighted by Gasteiger charge is 2.01. The Labute approximate surface area is 75.9 Å². The highest BCUT2D eigenvalue weighted by Crippen LogP contribution is 2.21. The Balaban J connectivity index is 2.95. The lowest BCUT2D eigenvalue weighted by Crippen LogP contribution is -2.07. The highest BCUT2D eigenvalue weighted by atomic mass is 35.5. The standard InChI is InChI=1S/C8H10ClNO2/c1-12-8-3-2-7(9)4-6(8)5-10-11/h2-4,10-11H,5H2,1H3. The van der Waals surface area contributed by atoms with Crippen LogP contribution in [0.15, 0.2) is 18.2 Å².